The number of halogens is 5. The molecule has 33 heavy (non-hydrogen) atoms. The largest absolute Gasteiger partial charge is 0.416 e. The summed E-state index contributed by atoms with van der Waals surface area (Å²) < 4.78 is 38.3. The molecular formula is C22H13Cl2F3N4O2. The van der Waals surface area contributed by atoms with Gasteiger partial charge in [0, 0.05) is 34.6 Å². The number of fused-ring (bicyclic) bond motifs is 1. The second-order valence-corrected chi connectivity index (χ2v) is 7.78. The number of nitrogens with one attached hydrogen (secondary N) is 3. The lowest BCUT2D eigenvalue weighted by Gasteiger charge is -2.12. The second kappa shape index (κ2) is 8.76. The molecule has 0 unspecified atom stereocenters. The lowest BCUT2D eigenvalue weighted by atomic mass is 10.0. The van der Waals surface area contributed by atoms with Crippen molar-refractivity contribution in [3.05, 3.63) is 87.7 Å². The fraction of sp³-hybridized carbons (Fsp3) is 0.0455. The number of urea groups is 1. The molecule has 0 atom stereocenters. The normalized spacial score (nSPS) is 11.4. The fourth-order valence-electron chi connectivity index (χ4n) is 3.14. The van der Waals surface area contributed by atoms with Gasteiger partial charge in [-0.25, -0.2) is 9.78 Å². The van der Waals surface area contributed by atoms with Gasteiger partial charge in [-0.3, -0.25) is 4.79 Å². The molecule has 0 aliphatic rings. The molecule has 0 saturated carbocycles. The van der Waals surface area contributed by atoms with Crippen LogP contribution >= 0.6 is 23.2 Å². The number of rotatable bonds is 4. The van der Waals surface area contributed by atoms with E-state index in [2.05, 4.69) is 20.6 Å². The first-order valence-electron chi connectivity index (χ1n) is 9.34. The van der Waals surface area contributed by atoms with E-state index in [9.17, 15) is 22.8 Å². The van der Waals surface area contributed by atoms with Gasteiger partial charge in [0.2, 0.25) is 0 Å². The SMILES string of the molecule is O=C(Nc1cccc(C(=O)c2c[nH]c3ncc(Cl)cc23)c1)Nc1ccc(C(F)(F)F)cc1Cl. The summed E-state index contributed by atoms with van der Waals surface area (Å²) in [6.07, 6.45) is -1.57. The first-order chi connectivity index (χ1) is 15.6. The van der Waals surface area contributed by atoms with Crippen LogP contribution in [0, 0.1) is 0 Å². The van der Waals surface area contributed by atoms with Gasteiger partial charge in [-0.05, 0) is 36.4 Å². The minimum absolute atomic E-state index is 0.00225. The van der Waals surface area contributed by atoms with Crippen LogP contribution in [0.4, 0.5) is 29.3 Å². The Hall–Kier alpha value is -3.56. The summed E-state index contributed by atoms with van der Waals surface area (Å²) in [7, 11) is 0. The molecule has 0 aliphatic heterocycles. The predicted octanol–water partition coefficient (Wildman–Crippen LogP) is 6.76. The number of H-pyrrole nitrogens is 1. The van der Waals surface area contributed by atoms with E-state index < -0.39 is 17.8 Å². The molecule has 2 amide bonds. The van der Waals surface area contributed by atoms with Crippen LogP contribution in [0.25, 0.3) is 11.0 Å². The number of anilines is 2. The zero-order chi connectivity index (χ0) is 23.8. The number of pyridine rings is 1. The summed E-state index contributed by atoms with van der Waals surface area (Å²) in [5.74, 6) is -0.319. The van der Waals surface area contributed by atoms with Gasteiger partial charge in [-0.2, -0.15) is 13.2 Å². The topological polar surface area (TPSA) is 86.9 Å². The zero-order valence-electron chi connectivity index (χ0n) is 16.4. The van der Waals surface area contributed by atoms with Crippen LogP contribution in [0.2, 0.25) is 10.0 Å². The highest BCUT2D eigenvalue weighted by molar-refractivity contribution is 6.34. The molecule has 0 spiro atoms. The smallest absolute Gasteiger partial charge is 0.345 e. The monoisotopic (exact) mass is 492 g/mol. The molecule has 2 aromatic carbocycles. The highest BCUT2D eigenvalue weighted by atomic mass is 35.5. The Labute approximate surface area is 194 Å². The number of hydrogen-bond acceptors (Lipinski definition) is 3. The molecule has 6 nitrogen and oxygen atoms in total. The van der Waals surface area contributed by atoms with Gasteiger partial charge in [0.15, 0.2) is 5.78 Å². The van der Waals surface area contributed by atoms with Gasteiger partial charge in [-0.1, -0.05) is 35.3 Å². The van der Waals surface area contributed by atoms with Gasteiger partial charge in [-0.15, -0.1) is 0 Å². The summed E-state index contributed by atoms with van der Waals surface area (Å²) in [4.78, 5) is 32.3. The Bertz CT molecular complexity index is 1390. The van der Waals surface area contributed by atoms with E-state index in [4.69, 9.17) is 23.2 Å². The van der Waals surface area contributed by atoms with Crippen LogP contribution in [0.5, 0.6) is 0 Å². The van der Waals surface area contributed by atoms with Crippen LogP contribution in [-0.4, -0.2) is 21.8 Å². The third kappa shape index (κ3) is 4.94. The van der Waals surface area contributed by atoms with Crippen molar-refractivity contribution in [2.24, 2.45) is 0 Å². The summed E-state index contributed by atoms with van der Waals surface area (Å²) >= 11 is 11.8. The second-order valence-electron chi connectivity index (χ2n) is 6.93. The van der Waals surface area contributed by atoms with E-state index in [1.54, 1.807) is 24.3 Å². The van der Waals surface area contributed by atoms with Crippen molar-refractivity contribution < 1.29 is 22.8 Å². The summed E-state index contributed by atoms with van der Waals surface area (Å²) in [6.45, 7) is 0. The number of carbonyl (C=O) groups is 2. The minimum Gasteiger partial charge on any atom is -0.345 e. The van der Waals surface area contributed by atoms with Crippen LogP contribution < -0.4 is 10.6 Å². The molecular weight excluding hydrogens is 480 g/mol. The van der Waals surface area contributed by atoms with Crippen molar-refractivity contribution in [3.8, 4) is 0 Å². The average Bonchev–Trinajstić information content (AvgIpc) is 3.17. The Balaban J connectivity index is 1.51. The summed E-state index contributed by atoms with van der Waals surface area (Å²) in [6, 6.07) is 9.64. The summed E-state index contributed by atoms with van der Waals surface area (Å²) in [5, 5.41) is 5.57. The lowest BCUT2D eigenvalue weighted by molar-refractivity contribution is -0.137. The number of carbonyl (C=O) groups excluding carboxylic acids is 2. The maximum absolute atomic E-state index is 13.0. The van der Waals surface area contributed by atoms with Crippen molar-refractivity contribution in [1.82, 2.24) is 9.97 Å². The van der Waals surface area contributed by atoms with E-state index in [1.807, 2.05) is 0 Å². The first kappa shape index (κ1) is 22.6. The van der Waals surface area contributed by atoms with E-state index in [0.717, 1.165) is 18.2 Å². The molecule has 0 saturated heterocycles. The van der Waals surface area contributed by atoms with Gasteiger partial charge in [0.05, 0.1) is 21.3 Å². The van der Waals surface area contributed by atoms with Gasteiger partial charge < -0.3 is 15.6 Å². The van der Waals surface area contributed by atoms with E-state index in [1.165, 1.54) is 18.5 Å². The molecule has 0 aliphatic carbocycles. The summed E-state index contributed by atoms with van der Waals surface area (Å²) in [5.41, 5.74) is 0.512. The average molecular weight is 493 g/mol. The van der Waals surface area contributed by atoms with Gasteiger partial charge in [0.25, 0.3) is 0 Å². The quantitative estimate of drug-likeness (QED) is 0.275. The van der Waals surface area contributed by atoms with Crippen LogP contribution in [-0.2, 0) is 6.18 Å². The highest BCUT2D eigenvalue weighted by Crippen LogP contribution is 2.33. The minimum atomic E-state index is -4.55. The molecule has 0 radical (unpaired) electrons. The fourth-order valence-corrected chi connectivity index (χ4v) is 3.52. The number of alkyl halides is 3. The Kier molecular flexibility index (Phi) is 6.01. The number of amides is 2. The molecule has 3 N–H and O–H groups in total. The molecule has 4 aromatic rings. The van der Waals surface area contributed by atoms with Crippen molar-refractivity contribution in [3.63, 3.8) is 0 Å². The number of aromatic nitrogens is 2. The third-order valence-electron chi connectivity index (χ3n) is 4.67. The highest BCUT2D eigenvalue weighted by Gasteiger charge is 2.31. The maximum atomic E-state index is 13.0. The number of ketones is 1. The Morgan fingerprint density at radius 3 is 2.52 bits per heavy atom. The molecule has 2 aromatic heterocycles. The molecule has 0 fully saturated rings. The molecule has 2 heterocycles. The van der Waals surface area contributed by atoms with Crippen molar-refractivity contribution in [2.75, 3.05) is 10.6 Å². The molecule has 11 heteroatoms. The lowest BCUT2D eigenvalue weighted by Crippen LogP contribution is -2.20. The van der Waals surface area contributed by atoms with Gasteiger partial charge >= 0.3 is 12.2 Å². The van der Waals surface area contributed by atoms with Crippen LogP contribution in [0.1, 0.15) is 21.5 Å². The predicted molar refractivity (Wildman–Crippen MR) is 120 cm³/mol. The van der Waals surface area contributed by atoms with Crippen molar-refractivity contribution >= 4 is 57.4 Å². The number of nitrogens with zero attached hydrogens (tertiary/aromatic N) is 1. The third-order valence-corrected chi connectivity index (χ3v) is 5.19. The zero-order valence-corrected chi connectivity index (χ0v) is 17.9. The Morgan fingerprint density at radius 2 is 1.79 bits per heavy atom. The van der Waals surface area contributed by atoms with E-state index in [-0.39, 0.29) is 22.2 Å². The molecule has 0 bridgehead atoms. The van der Waals surface area contributed by atoms with E-state index in [0.29, 0.717) is 27.2 Å². The number of hydrogen-bond donors (Lipinski definition) is 3. The van der Waals surface area contributed by atoms with Gasteiger partial charge in [0.1, 0.15) is 5.65 Å². The van der Waals surface area contributed by atoms with Crippen molar-refractivity contribution in [2.45, 2.75) is 6.18 Å². The first-order valence-corrected chi connectivity index (χ1v) is 10.1. The van der Waals surface area contributed by atoms with Crippen molar-refractivity contribution in [1.29, 1.82) is 0 Å². The van der Waals surface area contributed by atoms with Crippen LogP contribution in [0.15, 0.2) is 60.9 Å². The van der Waals surface area contributed by atoms with Crippen LogP contribution in [0.3, 0.4) is 0 Å². The Morgan fingerprint density at radius 1 is 1.00 bits per heavy atom. The maximum Gasteiger partial charge on any atom is 0.416 e. The molecule has 168 valence electrons. The number of benzene rings is 2. The number of aromatic amines is 1. The molecule has 4 rings (SSSR count). The van der Waals surface area contributed by atoms with E-state index >= 15 is 0 Å². The standard InChI is InChI=1S/C22H13Cl2F3N4O2/c23-13-8-15-16(10-29-20(15)28-9-13)19(32)11-2-1-3-14(6-11)30-21(33)31-18-5-4-12(7-17(18)24)22(25,26)27/h1-10H,(H,28,29)(H2,30,31,33).